The molecule has 2 heterocycles. The number of carbonyl (C=O) groups excluding carboxylic acids is 4. The smallest absolute Gasteiger partial charge is 0.262 e. The van der Waals surface area contributed by atoms with Crippen LogP contribution in [0.3, 0.4) is 0 Å². The van der Waals surface area contributed by atoms with Gasteiger partial charge < -0.3 is 10.1 Å². The Morgan fingerprint density at radius 1 is 0.962 bits per heavy atom. The molecule has 1 aliphatic carbocycles. The summed E-state index contributed by atoms with van der Waals surface area (Å²) < 4.78 is 5.95. The Morgan fingerprint density at radius 3 is 2.42 bits per heavy atom. The summed E-state index contributed by atoms with van der Waals surface area (Å²) in [4.78, 5) is 50.0. The SMILES string of the molecule is O=C1CCC(N2C(=O)c3ccc(OC4CCNCC4)cc3C2=O)C(=O)C1. The Balaban J connectivity index is 1.56. The highest BCUT2D eigenvalue weighted by atomic mass is 16.5. The lowest BCUT2D eigenvalue weighted by Crippen LogP contribution is -2.47. The van der Waals surface area contributed by atoms with E-state index < -0.39 is 17.9 Å². The number of amides is 2. The van der Waals surface area contributed by atoms with Crippen LogP contribution in [-0.2, 0) is 9.59 Å². The molecule has 2 fully saturated rings. The number of ketones is 2. The Hall–Kier alpha value is -2.54. The van der Waals surface area contributed by atoms with Crippen molar-refractivity contribution in [2.75, 3.05) is 13.1 Å². The summed E-state index contributed by atoms with van der Waals surface area (Å²) in [6.07, 6.45) is 2.09. The van der Waals surface area contributed by atoms with E-state index in [1.165, 1.54) is 0 Å². The van der Waals surface area contributed by atoms with Crippen LogP contribution in [0.25, 0.3) is 0 Å². The van der Waals surface area contributed by atoms with Crippen molar-refractivity contribution in [2.24, 2.45) is 0 Å². The highest BCUT2D eigenvalue weighted by Gasteiger charge is 2.44. The molecule has 1 saturated carbocycles. The third-order valence-corrected chi connectivity index (χ3v) is 5.23. The molecule has 4 rings (SSSR count). The normalized spacial score (nSPS) is 24.2. The molecular weight excluding hydrogens is 336 g/mol. The molecule has 7 nitrogen and oxygen atoms in total. The zero-order valence-corrected chi connectivity index (χ0v) is 14.3. The summed E-state index contributed by atoms with van der Waals surface area (Å²) in [5, 5.41) is 3.26. The maximum absolute atomic E-state index is 12.8. The molecule has 1 saturated heterocycles. The van der Waals surface area contributed by atoms with E-state index in [1.54, 1.807) is 18.2 Å². The Bertz CT molecular complexity index is 797. The fourth-order valence-corrected chi connectivity index (χ4v) is 3.83. The van der Waals surface area contributed by atoms with Crippen molar-refractivity contribution < 1.29 is 23.9 Å². The number of hydrogen-bond acceptors (Lipinski definition) is 6. The van der Waals surface area contributed by atoms with Gasteiger partial charge in [-0.3, -0.25) is 24.1 Å². The molecule has 2 aliphatic heterocycles. The number of carbonyl (C=O) groups is 4. The van der Waals surface area contributed by atoms with Crippen molar-refractivity contribution >= 4 is 23.4 Å². The first-order chi connectivity index (χ1) is 12.5. The van der Waals surface area contributed by atoms with E-state index in [-0.39, 0.29) is 48.1 Å². The fourth-order valence-electron chi connectivity index (χ4n) is 3.83. The lowest BCUT2D eigenvalue weighted by Gasteiger charge is -2.27. The van der Waals surface area contributed by atoms with Crippen molar-refractivity contribution in [3.8, 4) is 5.75 Å². The number of benzene rings is 1. The minimum Gasteiger partial charge on any atom is -0.490 e. The fraction of sp³-hybridized carbons (Fsp3) is 0.474. The van der Waals surface area contributed by atoms with Gasteiger partial charge in [0.2, 0.25) is 0 Å². The van der Waals surface area contributed by atoms with Crippen molar-refractivity contribution in [2.45, 2.75) is 44.2 Å². The maximum Gasteiger partial charge on any atom is 0.262 e. The molecule has 1 aromatic rings. The van der Waals surface area contributed by atoms with Crippen LogP contribution in [0.2, 0.25) is 0 Å². The average molecular weight is 356 g/mol. The molecular formula is C19H20N2O5. The van der Waals surface area contributed by atoms with Crippen LogP contribution in [0, 0.1) is 0 Å². The highest BCUT2D eigenvalue weighted by Crippen LogP contribution is 2.31. The van der Waals surface area contributed by atoms with Crippen molar-refractivity contribution in [1.29, 1.82) is 0 Å². The number of fused-ring (bicyclic) bond motifs is 1. The van der Waals surface area contributed by atoms with E-state index in [0.717, 1.165) is 30.8 Å². The van der Waals surface area contributed by atoms with E-state index in [9.17, 15) is 19.2 Å². The quantitative estimate of drug-likeness (QED) is 0.644. The molecule has 1 atom stereocenters. The summed E-state index contributed by atoms with van der Waals surface area (Å²) in [6.45, 7) is 1.78. The number of imide groups is 1. The first kappa shape index (κ1) is 16.9. The van der Waals surface area contributed by atoms with Gasteiger partial charge in [0.25, 0.3) is 11.8 Å². The highest BCUT2D eigenvalue weighted by molar-refractivity contribution is 6.23. The second kappa shape index (κ2) is 6.64. The van der Waals surface area contributed by atoms with Gasteiger partial charge in [0, 0.05) is 6.42 Å². The van der Waals surface area contributed by atoms with E-state index in [0.29, 0.717) is 5.75 Å². The largest absolute Gasteiger partial charge is 0.490 e. The standard InChI is InChI=1S/C19H20N2O5/c22-11-1-4-16(17(23)9-11)21-18(24)14-3-2-13(10-15(14)19(21)25)26-12-5-7-20-8-6-12/h2-3,10,12,16,20H,1,4-9H2. The second-order valence-corrected chi connectivity index (χ2v) is 6.99. The van der Waals surface area contributed by atoms with Gasteiger partial charge in [0.15, 0.2) is 5.78 Å². The minimum absolute atomic E-state index is 0.0866. The van der Waals surface area contributed by atoms with Gasteiger partial charge in [0.1, 0.15) is 17.6 Å². The molecule has 1 unspecified atom stereocenters. The molecule has 0 radical (unpaired) electrons. The first-order valence-corrected chi connectivity index (χ1v) is 8.98. The van der Waals surface area contributed by atoms with E-state index >= 15 is 0 Å². The third-order valence-electron chi connectivity index (χ3n) is 5.23. The van der Waals surface area contributed by atoms with E-state index in [2.05, 4.69) is 5.32 Å². The summed E-state index contributed by atoms with van der Waals surface area (Å²) >= 11 is 0. The summed E-state index contributed by atoms with van der Waals surface area (Å²) in [6, 6.07) is 4.04. The zero-order valence-electron chi connectivity index (χ0n) is 14.3. The predicted octanol–water partition coefficient (Wildman–Crippen LogP) is 1.10. The number of Topliss-reactive ketones (excluding diaryl/α,β-unsaturated/α-hetero) is 2. The molecule has 7 heteroatoms. The molecule has 0 bridgehead atoms. The lowest BCUT2D eigenvalue weighted by atomic mass is 9.92. The lowest BCUT2D eigenvalue weighted by molar-refractivity contribution is -0.132. The minimum atomic E-state index is -0.839. The van der Waals surface area contributed by atoms with Gasteiger partial charge in [-0.05, 0) is 50.6 Å². The van der Waals surface area contributed by atoms with Crippen LogP contribution in [0.1, 0.15) is 52.8 Å². The molecule has 0 spiro atoms. The van der Waals surface area contributed by atoms with Gasteiger partial charge in [-0.25, -0.2) is 0 Å². The zero-order chi connectivity index (χ0) is 18.3. The van der Waals surface area contributed by atoms with E-state index in [1.807, 2.05) is 0 Å². The summed E-state index contributed by atoms with van der Waals surface area (Å²) in [5.41, 5.74) is 0.559. The van der Waals surface area contributed by atoms with Gasteiger partial charge in [-0.2, -0.15) is 0 Å². The van der Waals surface area contributed by atoms with Gasteiger partial charge in [-0.15, -0.1) is 0 Å². The number of nitrogens with zero attached hydrogens (tertiary/aromatic N) is 1. The molecule has 0 aromatic heterocycles. The number of rotatable bonds is 3. The number of nitrogens with one attached hydrogen (secondary N) is 1. The average Bonchev–Trinajstić information content (AvgIpc) is 2.87. The van der Waals surface area contributed by atoms with Gasteiger partial charge in [-0.1, -0.05) is 0 Å². The molecule has 2 amide bonds. The molecule has 1 N–H and O–H groups in total. The predicted molar refractivity (Wildman–Crippen MR) is 91.1 cm³/mol. The van der Waals surface area contributed by atoms with Crippen molar-refractivity contribution in [3.05, 3.63) is 29.3 Å². The molecule has 136 valence electrons. The van der Waals surface area contributed by atoms with E-state index in [4.69, 9.17) is 4.74 Å². The van der Waals surface area contributed by atoms with Crippen LogP contribution in [0.4, 0.5) is 0 Å². The third kappa shape index (κ3) is 2.92. The number of piperidine rings is 1. The summed E-state index contributed by atoms with van der Waals surface area (Å²) in [7, 11) is 0. The van der Waals surface area contributed by atoms with Crippen LogP contribution in [0.5, 0.6) is 5.75 Å². The molecule has 3 aliphatic rings. The Labute approximate surface area is 150 Å². The van der Waals surface area contributed by atoms with Crippen LogP contribution < -0.4 is 10.1 Å². The number of ether oxygens (including phenoxy) is 1. The van der Waals surface area contributed by atoms with Crippen LogP contribution >= 0.6 is 0 Å². The van der Waals surface area contributed by atoms with Gasteiger partial charge in [0.05, 0.1) is 23.6 Å². The second-order valence-electron chi connectivity index (χ2n) is 6.99. The summed E-state index contributed by atoms with van der Waals surface area (Å²) in [5.74, 6) is -0.883. The first-order valence-electron chi connectivity index (χ1n) is 8.98. The molecule has 1 aromatic carbocycles. The molecule has 26 heavy (non-hydrogen) atoms. The van der Waals surface area contributed by atoms with Crippen LogP contribution in [0.15, 0.2) is 18.2 Å². The Kier molecular flexibility index (Phi) is 4.32. The topological polar surface area (TPSA) is 92.8 Å². The van der Waals surface area contributed by atoms with Crippen molar-refractivity contribution in [3.63, 3.8) is 0 Å². The van der Waals surface area contributed by atoms with Crippen LogP contribution in [-0.4, -0.2) is 53.5 Å². The number of hydrogen-bond donors (Lipinski definition) is 1. The monoisotopic (exact) mass is 356 g/mol. The van der Waals surface area contributed by atoms with Crippen molar-refractivity contribution in [1.82, 2.24) is 10.2 Å². The Morgan fingerprint density at radius 2 is 1.69 bits per heavy atom. The maximum atomic E-state index is 12.8. The van der Waals surface area contributed by atoms with Gasteiger partial charge >= 0.3 is 0 Å².